The fourth-order valence-corrected chi connectivity index (χ4v) is 14.3. The molecule has 502 valence electrons. The van der Waals surface area contributed by atoms with E-state index in [-0.39, 0.29) is 55.2 Å². The number of amides is 1. The molecular formula is C61H94F6N2O16P2S. The van der Waals surface area contributed by atoms with Crippen molar-refractivity contribution >= 4 is 44.3 Å². The van der Waals surface area contributed by atoms with Gasteiger partial charge in [-0.1, -0.05) is 81.8 Å². The molecule has 0 aliphatic carbocycles. The van der Waals surface area contributed by atoms with Crippen LogP contribution in [-0.4, -0.2) is 178 Å². The number of unbranched alkanes of at least 4 members (excludes halogenated alkanes) is 2. The Morgan fingerprint density at radius 1 is 0.830 bits per heavy atom. The van der Waals surface area contributed by atoms with Gasteiger partial charge in [-0.3, -0.25) is 14.1 Å². The van der Waals surface area contributed by atoms with Gasteiger partial charge >= 0.3 is 39.0 Å². The molecule has 3 fully saturated rings. The minimum absolute atomic E-state index is 0.00143. The van der Waals surface area contributed by atoms with Gasteiger partial charge in [0.15, 0.2) is 12.6 Å². The molecule has 1 unspecified atom stereocenters. The number of aliphatic hydroxyl groups excluding tert-OH is 3. The van der Waals surface area contributed by atoms with Gasteiger partial charge in [0.2, 0.25) is 5.91 Å². The first-order chi connectivity index (χ1) is 40.3. The summed E-state index contributed by atoms with van der Waals surface area (Å²) in [5, 5.41) is 61.3. The summed E-state index contributed by atoms with van der Waals surface area (Å²) in [7, 11) is -8.60. The van der Waals surface area contributed by atoms with Crippen LogP contribution in [0.5, 0.6) is 0 Å². The molecule has 6 N–H and O–H groups in total. The summed E-state index contributed by atoms with van der Waals surface area (Å²) in [5.41, 5.74) is -1.95. The van der Waals surface area contributed by atoms with Crippen molar-refractivity contribution in [3.8, 4) is 22.3 Å². The van der Waals surface area contributed by atoms with Crippen LogP contribution in [-0.2, 0) is 54.5 Å². The Kier molecular flexibility index (Phi) is 24.6. The van der Waals surface area contributed by atoms with Crippen molar-refractivity contribution in [3.63, 3.8) is 0 Å². The molecule has 0 saturated carbocycles. The number of carbonyl (C=O) groups is 2. The molecule has 0 radical (unpaired) electrons. The first kappa shape index (κ1) is 75.2. The van der Waals surface area contributed by atoms with Crippen molar-refractivity contribution in [2.24, 2.45) is 17.8 Å². The van der Waals surface area contributed by atoms with Gasteiger partial charge < -0.3 is 63.8 Å². The van der Waals surface area contributed by atoms with Gasteiger partial charge in [0.1, 0.15) is 34.9 Å². The van der Waals surface area contributed by atoms with Crippen molar-refractivity contribution in [3.05, 3.63) is 72.3 Å². The zero-order valence-electron chi connectivity index (χ0n) is 52.6. The van der Waals surface area contributed by atoms with E-state index in [1.54, 1.807) is 75.9 Å². The van der Waals surface area contributed by atoms with E-state index in [0.29, 0.717) is 59.7 Å². The molecule has 88 heavy (non-hydrogen) atoms. The third kappa shape index (κ3) is 20.0. The number of cyclic esters (lactones) is 1. The number of aryl methyl sites for hydroxylation is 1. The average molecular weight is 1320 g/mol. The standard InChI is InChI=1S/C61H93N2O16PS.F6P/c1-14-47-61(10,70)54(66)39(6)63(48(64)28-20-16-19-23-41-26-21-22-27-43(41)50-46(80)30-29-44(53(50)81(71,72)73)42-24-17-15-18-25-42)34-35(2)32-59(8,69)56(79-58-51(65)45(62(11)12)31-36(3)75-58)37(4)52(38(5)57(68)77-47)78-49-33-60(9,74-13)55(67)40(7)76-49;1-7(2,3,4,5)6/h15,17-18,21-22,24-27,29-30,35-40,45,47,49,51-52,54-56,58,65-67,69-70H,14,16,19-20,23,28,31-34,80H2,1-13H3,(H,71,72,73);/q;-1/p+1/t35-,36-,37+,38-,39-,40+,45+,47-,49+,51-,52+,54-,55+,56-,58+,59-,60-,61-;/m1./s1. The summed E-state index contributed by atoms with van der Waals surface area (Å²) in [6.07, 6.45) is -7.91. The zero-order valence-corrected chi connectivity index (χ0v) is 55.7. The number of carbonyl (C=O) groups excluding carboxylic acids is 2. The average Bonchev–Trinajstić information content (AvgIpc) is 1.65. The molecule has 1 amide bonds. The van der Waals surface area contributed by atoms with E-state index in [1.165, 1.54) is 18.9 Å². The molecule has 0 spiro atoms. The first-order valence-corrected chi connectivity index (χ1v) is 34.0. The van der Waals surface area contributed by atoms with Crippen LogP contribution in [0.1, 0.15) is 126 Å². The molecule has 19 atom stereocenters. The van der Waals surface area contributed by atoms with Crippen molar-refractivity contribution in [2.75, 3.05) is 27.7 Å². The van der Waals surface area contributed by atoms with E-state index >= 15 is 0 Å². The van der Waals surface area contributed by atoms with Crippen LogP contribution in [0.4, 0.5) is 25.2 Å². The maximum atomic E-state index is 14.8. The molecule has 3 aliphatic rings. The number of likely N-dealkylation sites (N-methyl/N-ethyl adjacent to an activating group) is 1. The molecule has 18 nitrogen and oxygen atoms in total. The van der Waals surface area contributed by atoms with E-state index < -0.39 is 120 Å². The fraction of sp³-hybridized carbons (Fsp3) is 0.672. The Balaban J connectivity index is 0.00000190. The Labute approximate surface area is 516 Å². The summed E-state index contributed by atoms with van der Waals surface area (Å²) in [6, 6.07) is 18.7. The summed E-state index contributed by atoms with van der Waals surface area (Å²) >= 11 is 0. The number of halogens is 6. The SMILES string of the molecule is CC[C@H]1OC(=O)[C@H](C)[C@@H](O[C@H]2C[C@@](C)(OC)[C@@H](O)[C@H](C)O2)[C@H](C)[C@@H](O[C@@H]2O[C@H](C)C[C@H](N(C)C)[C@H]2O)[C@](C)(O)C[C@@H](C)CN(C(=O)CCCCCc2ccccc2-c2c([PH3+])ccc(-c3ccccc3)c2S(=O)(=O)O)[C@H](C)[C@@H](O)[C@]1(C)O.F[P-](F)(F)(F)(F)F. The normalized spacial score (nSPS) is 35.0. The van der Waals surface area contributed by atoms with Crippen LogP contribution in [0, 0.1) is 17.8 Å². The first-order valence-electron chi connectivity index (χ1n) is 29.8. The van der Waals surface area contributed by atoms with Crippen LogP contribution in [0.15, 0.2) is 71.6 Å². The van der Waals surface area contributed by atoms with E-state index in [1.807, 2.05) is 81.4 Å². The summed E-state index contributed by atoms with van der Waals surface area (Å²) in [6.45, 7) is 16.9. The Bertz CT molecular complexity index is 2930. The van der Waals surface area contributed by atoms with Crippen LogP contribution in [0.25, 0.3) is 22.3 Å². The predicted molar refractivity (Wildman–Crippen MR) is 327 cm³/mol. The number of benzene rings is 3. The molecule has 3 heterocycles. The molecule has 6 rings (SSSR count). The van der Waals surface area contributed by atoms with Gasteiger partial charge in [-0.25, -0.2) is 0 Å². The van der Waals surface area contributed by atoms with Gasteiger partial charge in [-0.05, 0) is 136 Å². The van der Waals surface area contributed by atoms with Crippen LogP contribution >= 0.6 is 17.0 Å². The third-order valence-electron chi connectivity index (χ3n) is 17.4. The van der Waals surface area contributed by atoms with Gasteiger partial charge in [0.05, 0.1) is 52.9 Å². The molecule has 3 aliphatic heterocycles. The van der Waals surface area contributed by atoms with E-state index in [0.717, 1.165) is 5.56 Å². The number of rotatable bonds is 16. The predicted octanol–water partition coefficient (Wildman–Crippen LogP) is 9.80. The van der Waals surface area contributed by atoms with Crippen LogP contribution in [0.2, 0.25) is 0 Å². The van der Waals surface area contributed by atoms with Crippen molar-refractivity contribution in [2.45, 2.75) is 222 Å². The quantitative estimate of drug-likeness (QED) is 0.0257. The monoisotopic (exact) mass is 1320 g/mol. The number of esters is 1. The third-order valence-corrected chi connectivity index (χ3v) is 19.0. The number of hydrogen-bond acceptors (Lipinski definition) is 16. The van der Waals surface area contributed by atoms with E-state index in [9.17, 15) is 73.3 Å². The summed E-state index contributed by atoms with van der Waals surface area (Å²) in [4.78, 5) is 32.7. The maximum absolute atomic E-state index is 14.8. The Morgan fingerprint density at radius 3 is 2.01 bits per heavy atom. The van der Waals surface area contributed by atoms with Gasteiger partial charge in [-0.15, -0.1) is 0 Å². The molecular weight excluding hydrogens is 1220 g/mol. The Hall–Kier alpha value is -3.49. The van der Waals surface area contributed by atoms with E-state index in [4.69, 9.17) is 28.4 Å². The number of methoxy groups -OCH3 is 1. The molecule has 3 saturated heterocycles. The van der Waals surface area contributed by atoms with Crippen molar-refractivity contribution in [1.29, 1.82) is 0 Å². The van der Waals surface area contributed by atoms with Crippen LogP contribution in [0.3, 0.4) is 0 Å². The summed E-state index contributed by atoms with van der Waals surface area (Å²) in [5.74, 6) is -3.63. The fourth-order valence-electron chi connectivity index (χ4n) is 12.8. The van der Waals surface area contributed by atoms with Crippen molar-refractivity contribution in [1.82, 2.24) is 9.80 Å². The second-order valence-corrected chi connectivity index (χ2v) is 29.3. The van der Waals surface area contributed by atoms with Crippen molar-refractivity contribution < 1.29 is 102 Å². The molecule has 3 aromatic carbocycles. The zero-order chi connectivity index (χ0) is 66.5. The molecule has 3 aromatic rings. The number of aliphatic hydroxyl groups is 5. The van der Waals surface area contributed by atoms with Gasteiger partial charge in [0, 0.05) is 58.8 Å². The molecule has 27 heteroatoms. The van der Waals surface area contributed by atoms with Gasteiger partial charge in [-0.2, -0.15) is 8.42 Å². The topological polar surface area (TPSA) is 252 Å². The molecule has 0 bridgehead atoms. The van der Waals surface area contributed by atoms with Crippen LogP contribution < -0.4 is 5.30 Å². The van der Waals surface area contributed by atoms with Gasteiger partial charge in [0.25, 0.3) is 10.1 Å². The second kappa shape index (κ2) is 28.8. The number of nitrogens with zero attached hydrogens (tertiary/aromatic N) is 2. The number of ether oxygens (including phenoxy) is 6. The Morgan fingerprint density at radius 2 is 1.43 bits per heavy atom. The number of hydrogen-bond donors (Lipinski definition) is 6. The second-order valence-electron chi connectivity index (χ2n) is 25.3. The molecule has 0 aromatic heterocycles. The van der Waals surface area contributed by atoms with E-state index in [2.05, 4.69) is 0 Å². The summed E-state index contributed by atoms with van der Waals surface area (Å²) < 4.78 is 134. The minimum atomic E-state index is -10.7.